The predicted molar refractivity (Wildman–Crippen MR) is 94.9 cm³/mol. The minimum Gasteiger partial charge on any atom is -0.344 e. The summed E-state index contributed by atoms with van der Waals surface area (Å²) in [5, 5.41) is 0.686. The van der Waals surface area contributed by atoms with Crippen LogP contribution in [0, 0.1) is 0 Å². The second-order valence-electron chi connectivity index (χ2n) is 6.74. The summed E-state index contributed by atoms with van der Waals surface area (Å²) in [7, 11) is -4.20. The third-order valence-electron chi connectivity index (χ3n) is 4.85. The van der Waals surface area contributed by atoms with Crippen molar-refractivity contribution in [3.8, 4) is 0 Å². The van der Waals surface area contributed by atoms with E-state index in [1.54, 1.807) is 0 Å². The summed E-state index contributed by atoms with van der Waals surface area (Å²) in [5.74, 6) is -0.563. The molecule has 1 saturated carbocycles. The molecule has 8 heteroatoms. The Morgan fingerprint density at radius 1 is 1.16 bits per heavy atom. The zero-order chi connectivity index (χ0) is 17.9. The average molecular weight is 390 g/mol. The molecule has 25 heavy (non-hydrogen) atoms. The minimum absolute atomic E-state index is 0.0992. The van der Waals surface area contributed by atoms with Crippen LogP contribution in [0.4, 0.5) is 0 Å². The van der Waals surface area contributed by atoms with Gasteiger partial charge in [0.25, 0.3) is 0 Å². The Labute approximate surface area is 153 Å². The van der Waals surface area contributed by atoms with Crippen molar-refractivity contribution in [2.75, 3.05) is 6.54 Å². The first-order valence-corrected chi connectivity index (χ1v) is 10.5. The van der Waals surface area contributed by atoms with Gasteiger partial charge in [-0.1, -0.05) is 36.2 Å². The van der Waals surface area contributed by atoms with Crippen molar-refractivity contribution < 1.29 is 22.4 Å². The molecule has 0 aromatic heterocycles. The summed E-state index contributed by atoms with van der Waals surface area (Å²) in [4.78, 5) is 0. The highest BCUT2D eigenvalue weighted by Gasteiger charge is 2.47. The molecule has 2 fully saturated rings. The van der Waals surface area contributed by atoms with Gasteiger partial charge in [0.1, 0.15) is 0 Å². The summed E-state index contributed by atoms with van der Waals surface area (Å²) >= 11 is 6.27. The van der Waals surface area contributed by atoms with Crippen LogP contribution in [-0.4, -0.2) is 37.5 Å². The molecule has 2 atom stereocenters. The van der Waals surface area contributed by atoms with Crippen molar-refractivity contribution in [1.82, 2.24) is 4.72 Å². The van der Waals surface area contributed by atoms with E-state index in [9.17, 15) is 8.42 Å². The molecule has 140 valence electrons. The lowest BCUT2D eigenvalue weighted by Gasteiger charge is -2.32. The fourth-order valence-electron chi connectivity index (χ4n) is 3.69. The zero-order valence-corrected chi connectivity index (χ0v) is 15.6. The van der Waals surface area contributed by atoms with E-state index in [2.05, 4.69) is 4.72 Å². The third-order valence-corrected chi connectivity index (χ3v) is 5.79. The molecule has 0 bridgehead atoms. The molecule has 0 amide bonds. The van der Waals surface area contributed by atoms with E-state index in [4.69, 9.17) is 25.6 Å². The maximum absolute atomic E-state index is 10.9. The molecular formula is C17H24ClNO5S. The van der Waals surface area contributed by atoms with E-state index in [1.807, 2.05) is 24.3 Å². The van der Waals surface area contributed by atoms with Gasteiger partial charge in [0.15, 0.2) is 5.79 Å². The van der Waals surface area contributed by atoms with E-state index >= 15 is 0 Å². The van der Waals surface area contributed by atoms with Crippen LogP contribution in [0.1, 0.15) is 44.1 Å². The number of halogens is 1. The van der Waals surface area contributed by atoms with Gasteiger partial charge in [0, 0.05) is 30.8 Å². The Hall–Kier alpha value is -0.700. The average Bonchev–Trinajstić information content (AvgIpc) is 2.86. The van der Waals surface area contributed by atoms with Gasteiger partial charge in [0.2, 0.25) is 0 Å². The fourth-order valence-corrected chi connectivity index (χ4v) is 4.27. The second kappa shape index (κ2) is 7.90. The quantitative estimate of drug-likeness (QED) is 0.730. The van der Waals surface area contributed by atoms with E-state index < -0.39 is 16.1 Å². The lowest BCUT2D eigenvalue weighted by atomic mass is 9.94. The molecule has 1 spiro atoms. The molecule has 6 nitrogen and oxygen atoms in total. The van der Waals surface area contributed by atoms with Gasteiger partial charge >= 0.3 is 10.3 Å². The zero-order valence-electron chi connectivity index (χ0n) is 14.0. The summed E-state index contributed by atoms with van der Waals surface area (Å²) in [6.45, 7) is 0.0992. The van der Waals surface area contributed by atoms with Crippen LogP contribution in [0.2, 0.25) is 5.02 Å². The molecule has 0 radical (unpaired) electrons. The number of nitrogens with one attached hydrogen (secondary N) is 1. The highest BCUT2D eigenvalue weighted by molar-refractivity contribution is 7.83. The molecule has 1 aliphatic carbocycles. The molecule has 1 aromatic carbocycles. The van der Waals surface area contributed by atoms with Gasteiger partial charge in [-0.3, -0.25) is 4.55 Å². The summed E-state index contributed by atoms with van der Waals surface area (Å²) in [6.07, 6.45) is 5.61. The van der Waals surface area contributed by atoms with Crippen molar-refractivity contribution in [3.63, 3.8) is 0 Å². The lowest BCUT2D eigenvalue weighted by Crippen LogP contribution is -2.34. The Kier molecular flexibility index (Phi) is 6.03. The summed E-state index contributed by atoms with van der Waals surface area (Å²) < 4.78 is 45.3. The topological polar surface area (TPSA) is 84.9 Å². The van der Waals surface area contributed by atoms with Crippen molar-refractivity contribution in [3.05, 3.63) is 34.9 Å². The maximum Gasteiger partial charge on any atom is 0.333 e. The number of benzene rings is 1. The maximum atomic E-state index is 10.9. The number of rotatable bonds is 6. The number of ether oxygens (including phenoxy) is 2. The summed E-state index contributed by atoms with van der Waals surface area (Å²) in [5.41, 5.74) is 0.985. The Bertz CT molecular complexity index is 690. The van der Waals surface area contributed by atoms with Crippen LogP contribution in [0.25, 0.3) is 0 Å². The molecule has 1 saturated heterocycles. The standard InChI is InChI=1S/C17H24ClNO5S/c18-14-7-3-2-6-13(14)12-16-15(8-11-19-25(20,21)22)23-17(24-16)9-4-1-5-10-17/h2-3,6-7,15-16,19H,1,4-5,8-12H2,(H,20,21,22). The van der Waals surface area contributed by atoms with Gasteiger partial charge in [-0.05, 0) is 30.9 Å². The van der Waals surface area contributed by atoms with Crippen LogP contribution in [-0.2, 0) is 26.2 Å². The van der Waals surface area contributed by atoms with Crippen LogP contribution >= 0.6 is 11.6 Å². The van der Waals surface area contributed by atoms with E-state index in [-0.39, 0.29) is 18.8 Å². The normalized spacial score (nSPS) is 26.2. The smallest absolute Gasteiger partial charge is 0.333 e. The first-order valence-electron chi connectivity index (χ1n) is 8.68. The monoisotopic (exact) mass is 389 g/mol. The molecule has 1 aromatic rings. The Morgan fingerprint density at radius 3 is 2.52 bits per heavy atom. The fraction of sp³-hybridized carbons (Fsp3) is 0.647. The van der Waals surface area contributed by atoms with Crippen LogP contribution in [0.5, 0.6) is 0 Å². The van der Waals surface area contributed by atoms with Gasteiger partial charge in [-0.2, -0.15) is 13.1 Å². The van der Waals surface area contributed by atoms with Gasteiger partial charge in [0.05, 0.1) is 12.2 Å². The van der Waals surface area contributed by atoms with Crippen LogP contribution in [0.15, 0.2) is 24.3 Å². The largest absolute Gasteiger partial charge is 0.344 e. The summed E-state index contributed by atoms with van der Waals surface area (Å²) in [6, 6.07) is 7.62. The molecule has 2 N–H and O–H groups in total. The SMILES string of the molecule is O=S(=O)(O)NCCC1OC2(CCCCC2)OC1Cc1ccccc1Cl. The molecule has 3 rings (SSSR count). The highest BCUT2D eigenvalue weighted by Crippen LogP contribution is 2.42. The van der Waals surface area contributed by atoms with Gasteiger partial charge in [-0.25, -0.2) is 0 Å². The predicted octanol–water partition coefficient (Wildman–Crippen LogP) is 3.11. The number of hydrogen-bond acceptors (Lipinski definition) is 4. The van der Waals surface area contributed by atoms with Gasteiger partial charge < -0.3 is 9.47 Å². The van der Waals surface area contributed by atoms with Crippen LogP contribution < -0.4 is 4.72 Å². The van der Waals surface area contributed by atoms with Gasteiger partial charge in [-0.15, -0.1) is 0 Å². The molecule has 1 heterocycles. The molecular weight excluding hydrogens is 366 g/mol. The molecule has 2 unspecified atom stereocenters. The lowest BCUT2D eigenvalue weighted by molar-refractivity contribution is -0.194. The van der Waals surface area contributed by atoms with Crippen molar-refractivity contribution in [2.24, 2.45) is 0 Å². The van der Waals surface area contributed by atoms with Crippen LogP contribution in [0.3, 0.4) is 0 Å². The van der Waals surface area contributed by atoms with Crippen molar-refractivity contribution in [1.29, 1.82) is 0 Å². The minimum atomic E-state index is -4.20. The molecule has 2 aliphatic rings. The van der Waals surface area contributed by atoms with E-state index in [1.165, 1.54) is 6.42 Å². The van der Waals surface area contributed by atoms with E-state index in [0.29, 0.717) is 17.9 Å². The molecule has 1 aliphatic heterocycles. The first kappa shape index (κ1) is 19.1. The first-order chi connectivity index (χ1) is 11.9. The van der Waals surface area contributed by atoms with Crippen molar-refractivity contribution >= 4 is 21.9 Å². The highest BCUT2D eigenvalue weighted by atomic mass is 35.5. The Morgan fingerprint density at radius 2 is 1.84 bits per heavy atom. The van der Waals surface area contributed by atoms with E-state index in [0.717, 1.165) is 31.2 Å². The second-order valence-corrected chi connectivity index (χ2v) is 8.38. The Balaban J connectivity index is 1.70. The number of hydrogen-bond donors (Lipinski definition) is 2. The third kappa shape index (κ3) is 5.15. The van der Waals surface area contributed by atoms with Crippen molar-refractivity contribution in [2.45, 2.75) is 62.9 Å².